The summed E-state index contributed by atoms with van der Waals surface area (Å²) in [5, 5.41) is 7.99. The first-order chi connectivity index (χ1) is 8.52. The van der Waals surface area contributed by atoms with Crippen LogP contribution in [-0.2, 0) is 0 Å². The molecule has 122 valence electrons. The predicted molar refractivity (Wildman–Crippen MR) is 42.2 cm³/mol. The summed E-state index contributed by atoms with van der Waals surface area (Å²) in [6.07, 6.45) is -12.0. The minimum Gasteiger partial charge on any atom is -0.396 e. The van der Waals surface area contributed by atoms with Gasteiger partial charge in [0.2, 0.25) is 0 Å². The van der Waals surface area contributed by atoms with Crippen molar-refractivity contribution in [2.45, 2.75) is 42.7 Å². The van der Waals surface area contributed by atoms with Gasteiger partial charge in [0, 0.05) is 13.0 Å². The van der Waals surface area contributed by atoms with Gasteiger partial charge in [0.25, 0.3) is 0 Å². The summed E-state index contributed by atoms with van der Waals surface area (Å²) in [5.41, 5.74) is 0. The molecule has 0 bridgehead atoms. The van der Waals surface area contributed by atoms with E-state index in [1.165, 1.54) is 0 Å². The molecule has 0 aromatic rings. The van der Waals surface area contributed by atoms with Gasteiger partial charge in [-0.05, 0) is 0 Å². The molecule has 0 saturated heterocycles. The van der Waals surface area contributed by atoms with Gasteiger partial charge in [0.05, 0.1) is 0 Å². The zero-order valence-electron chi connectivity index (χ0n) is 9.23. The molecular formula is C8H7F11O. The summed E-state index contributed by atoms with van der Waals surface area (Å²) in [4.78, 5) is 0. The van der Waals surface area contributed by atoms with Crippen LogP contribution in [0.3, 0.4) is 0 Å². The molecule has 0 aromatic heterocycles. The quantitative estimate of drug-likeness (QED) is 0.734. The molecule has 0 rings (SSSR count). The second-order valence-electron chi connectivity index (χ2n) is 3.82. The third-order valence-electron chi connectivity index (χ3n) is 2.16. The van der Waals surface area contributed by atoms with E-state index in [0.717, 1.165) is 0 Å². The van der Waals surface area contributed by atoms with Crippen LogP contribution < -0.4 is 0 Å². The maximum absolute atomic E-state index is 12.8. The van der Waals surface area contributed by atoms with Gasteiger partial charge in [-0.3, -0.25) is 0 Å². The van der Waals surface area contributed by atoms with Crippen LogP contribution >= 0.6 is 0 Å². The Morgan fingerprint density at radius 3 is 1.25 bits per heavy atom. The van der Waals surface area contributed by atoms with Crippen LogP contribution in [0.1, 0.15) is 12.8 Å². The van der Waals surface area contributed by atoms with E-state index in [0.29, 0.717) is 0 Å². The average Bonchev–Trinajstić information content (AvgIpc) is 2.12. The van der Waals surface area contributed by atoms with E-state index in [1.54, 1.807) is 0 Å². The van der Waals surface area contributed by atoms with Crippen LogP contribution in [0, 0.1) is 0 Å². The van der Waals surface area contributed by atoms with Crippen molar-refractivity contribution in [3.63, 3.8) is 0 Å². The van der Waals surface area contributed by atoms with E-state index >= 15 is 0 Å². The van der Waals surface area contributed by atoms with Gasteiger partial charge in [-0.25, -0.2) is 0 Å². The zero-order chi connectivity index (χ0) is 16.6. The molecule has 0 aromatic carbocycles. The third kappa shape index (κ3) is 3.44. The fraction of sp³-hybridized carbons (Fsp3) is 1.00. The number of rotatable bonds is 6. The molecule has 0 aliphatic heterocycles. The highest BCUT2D eigenvalue weighted by atomic mass is 19.4. The average molecular weight is 328 g/mol. The van der Waals surface area contributed by atoms with Gasteiger partial charge < -0.3 is 5.11 Å². The maximum atomic E-state index is 12.8. The molecule has 0 radical (unpaired) electrons. The summed E-state index contributed by atoms with van der Waals surface area (Å²) >= 11 is 0. The zero-order valence-corrected chi connectivity index (χ0v) is 9.23. The number of hydrogen-bond acceptors (Lipinski definition) is 1. The van der Waals surface area contributed by atoms with Crippen LogP contribution in [0.15, 0.2) is 0 Å². The largest absolute Gasteiger partial charge is 0.396 e. The van der Waals surface area contributed by atoms with Crippen molar-refractivity contribution in [3.8, 4) is 0 Å². The van der Waals surface area contributed by atoms with E-state index in [4.69, 9.17) is 5.11 Å². The molecule has 0 aliphatic carbocycles. The summed E-state index contributed by atoms with van der Waals surface area (Å²) in [7, 11) is 0. The Balaban J connectivity index is 5.59. The highest BCUT2D eigenvalue weighted by Crippen LogP contribution is 2.55. The molecule has 0 atom stereocenters. The lowest BCUT2D eigenvalue weighted by molar-refractivity contribution is -0.378. The second-order valence-corrected chi connectivity index (χ2v) is 3.82. The Hall–Kier alpha value is -0.810. The van der Waals surface area contributed by atoms with E-state index in [9.17, 15) is 48.3 Å². The fourth-order valence-corrected chi connectivity index (χ4v) is 1.12. The maximum Gasteiger partial charge on any atom is 0.395 e. The molecule has 1 N–H and O–H groups in total. The summed E-state index contributed by atoms with van der Waals surface area (Å²) < 4.78 is 137. The number of halogens is 11. The van der Waals surface area contributed by atoms with Gasteiger partial charge >= 0.3 is 29.9 Å². The van der Waals surface area contributed by atoms with Gasteiger partial charge in [0.15, 0.2) is 0 Å². The summed E-state index contributed by atoms with van der Waals surface area (Å²) in [6.45, 7) is -1.76. The lowest BCUT2D eigenvalue weighted by atomic mass is 9.95. The molecule has 0 spiro atoms. The topological polar surface area (TPSA) is 20.2 Å². The van der Waals surface area contributed by atoms with E-state index < -0.39 is 49.3 Å². The molecule has 20 heavy (non-hydrogen) atoms. The molecule has 0 heterocycles. The molecule has 0 unspecified atom stereocenters. The van der Waals surface area contributed by atoms with Crippen LogP contribution in [0.25, 0.3) is 0 Å². The van der Waals surface area contributed by atoms with E-state index in [2.05, 4.69) is 0 Å². The van der Waals surface area contributed by atoms with Crippen molar-refractivity contribution in [1.29, 1.82) is 0 Å². The Morgan fingerprint density at radius 2 is 0.950 bits per heavy atom. The lowest BCUT2D eigenvalue weighted by Crippen LogP contribution is -2.63. The predicted octanol–water partition coefficient (Wildman–Crippen LogP) is 3.86. The van der Waals surface area contributed by atoms with Crippen molar-refractivity contribution >= 4 is 0 Å². The van der Waals surface area contributed by atoms with Crippen molar-refractivity contribution in [1.82, 2.24) is 0 Å². The van der Waals surface area contributed by atoms with E-state index in [1.807, 2.05) is 0 Å². The lowest BCUT2D eigenvalue weighted by Gasteiger charge is -2.36. The number of aliphatic hydroxyl groups excluding tert-OH is 1. The first-order valence-corrected chi connectivity index (χ1v) is 4.71. The smallest absolute Gasteiger partial charge is 0.395 e. The molecule has 0 fully saturated rings. The van der Waals surface area contributed by atoms with Gasteiger partial charge in [-0.15, -0.1) is 0 Å². The Morgan fingerprint density at radius 1 is 0.600 bits per heavy atom. The van der Waals surface area contributed by atoms with E-state index in [-0.39, 0.29) is 0 Å². The second kappa shape index (κ2) is 5.19. The van der Waals surface area contributed by atoms with Gasteiger partial charge in [-0.1, -0.05) is 0 Å². The molecule has 0 aliphatic rings. The minimum absolute atomic E-state index is 1.76. The van der Waals surface area contributed by atoms with Crippen LogP contribution in [0.4, 0.5) is 48.3 Å². The summed E-state index contributed by atoms with van der Waals surface area (Å²) in [5.74, 6) is -26.0. The third-order valence-corrected chi connectivity index (χ3v) is 2.16. The van der Waals surface area contributed by atoms with Crippen molar-refractivity contribution in [2.75, 3.05) is 6.61 Å². The first-order valence-electron chi connectivity index (χ1n) is 4.71. The molecule has 12 heteroatoms. The van der Waals surface area contributed by atoms with Crippen LogP contribution in [-0.4, -0.2) is 41.6 Å². The molecule has 0 amide bonds. The van der Waals surface area contributed by atoms with Gasteiger partial charge in [0.1, 0.15) is 6.42 Å². The first kappa shape index (κ1) is 19.2. The highest BCUT2D eigenvalue weighted by molar-refractivity contribution is 5.04. The number of aliphatic hydroxyl groups is 1. The SMILES string of the molecule is OCCC(F)(F)C(F)(F)C(F)(F)C(F)(F)CC(F)(F)F. The fourth-order valence-electron chi connectivity index (χ4n) is 1.12. The minimum atomic E-state index is -6.96. The monoisotopic (exact) mass is 328 g/mol. The normalized spacial score (nSPS) is 15.6. The standard InChI is InChI=1S/C8H7F11O/c9-4(10,1-2-20)7(16,17)8(18,19)5(11,12)3-6(13,14)15/h20H,1-3H2. The van der Waals surface area contributed by atoms with Crippen molar-refractivity contribution in [2.24, 2.45) is 0 Å². The van der Waals surface area contributed by atoms with Crippen LogP contribution in [0.2, 0.25) is 0 Å². The highest BCUT2D eigenvalue weighted by Gasteiger charge is 2.80. The molecular weight excluding hydrogens is 321 g/mol. The Kier molecular flexibility index (Phi) is 4.98. The number of hydrogen-bond donors (Lipinski definition) is 1. The Labute approximate surface area is 104 Å². The molecule has 1 nitrogen and oxygen atoms in total. The molecule has 0 saturated carbocycles. The van der Waals surface area contributed by atoms with Crippen molar-refractivity contribution < 1.29 is 53.4 Å². The van der Waals surface area contributed by atoms with Crippen molar-refractivity contribution in [3.05, 3.63) is 0 Å². The number of alkyl halides is 11. The van der Waals surface area contributed by atoms with Crippen LogP contribution in [0.5, 0.6) is 0 Å². The van der Waals surface area contributed by atoms with Gasteiger partial charge in [-0.2, -0.15) is 48.3 Å². The summed E-state index contributed by atoms with van der Waals surface area (Å²) in [6, 6.07) is 0. The Bertz CT molecular complexity index is 332.